The van der Waals surface area contributed by atoms with E-state index in [1.54, 1.807) is 12.2 Å². The third-order valence-electron chi connectivity index (χ3n) is 4.09. The largest absolute Gasteiger partial charge is 0.379 e. The number of thioether (sulfide) groups is 2. The maximum atomic E-state index is 12.7. The zero-order valence-electron chi connectivity index (χ0n) is 11.9. The van der Waals surface area contributed by atoms with Gasteiger partial charge in [0.05, 0.1) is 26.4 Å². The lowest BCUT2D eigenvalue weighted by Gasteiger charge is -2.31. The second-order valence-electron chi connectivity index (χ2n) is 5.39. The van der Waals surface area contributed by atoms with Gasteiger partial charge in [-0.1, -0.05) is 0 Å². The summed E-state index contributed by atoms with van der Waals surface area (Å²) >= 11 is 3.63. The maximum Gasteiger partial charge on any atom is 0.272 e. The first-order valence-corrected chi connectivity index (χ1v) is 9.18. The molecule has 114 valence electrons. The molecule has 0 aromatic carbocycles. The lowest BCUT2D eigenvalue weighted by molar-refractivity contribution is -0.179. The molecule has 0 bridgehead atoms. The number of hydrogen-bond donors (Lipinski definition) is 0. The summed E-state index contributed by atoms with van der Waals surface area (Å²) in [6.07, 6.45) is 2.10. The van der Waals surface area contributed by atoms with Crippen LogP contribution in [0.3, 0.4) is 0 Å². The first kappa shape index (κ1) is 15.0. The van der Waals surface area contributed by atoms with E-state index in [2.05, 4.69) is 4.90 Å². The number of morpholine rings is 1. The summed E-state index contributed by atoms with van der Waals surface area (Å²) in [5, 5.41) is 1.63. The van der Waals surface area contributed by atoms with Gasteiger partial charge in [0.1, 0.15) is 4.08 Å². The molecule has 0 aromatic heterocycles. The van der Waals surface area contributed by atoms with Crippen molar-refractivity contribution in [2.24, 2.45) is 0 Å². The van der Waals surface area contributed by atoms with Gasteiger partial charge in [-0.05, 0) is 17.9 Å². The van der Waals surface area contributed by atoms with Crippen LogP contribution >= 0.6 is 23.5 Å². The Hall–Kier alpha value is 0.0500. The van der Waals surface area contributed by atoms with Gasteiger partial charge >= 0.3 is 0 Å². The van der Waals surface area contributed by atoms with Crippen molar-refractivity contribution >= 4 is 29.4 Å². The third-order valence-corrected chi connectivity index (χ3v) is 7.40. The van der Waals surface area contributed by atoms with E-state index >= 15 is 0 Å². The van der Waals surface area contributed by atoms with Crippen LogP contribution in [0.1, 0.15) is 12.8 Å². The van der Waals surface area contributed by atoms with Crippen LogP contribution in [0, 0.1) is 0 Å². The van der Waals surface area contributed by atoms with Crippen molar-refractivity contribution in [2.75, 3.05) is 51.5 Å². The van der Waals surface area contributed by atoms with Gasteiger partial charge in [-0.3, -0.25) is 14.5 Å². The molecule has 5 nitrogen and oxygen atoms in total. The minimum Gasteiger partial charge on any atom is -0.379 e. The molecule has 0 N–H and O–H groups in total. The molecule has 0 saturated carbocycles. The van der Waals surface area contributed by atoms with Crippen molar-refractivity contribution in [3.8, 4) is 0 Å². The molecule has 7 heteroatoms. The molecule has 3 rings (SSSR count). The van der Waals surface area contributed by atoms with E-state index in [9.17, 15) is 4.79 Å². The fourth-order valence-corrected chi connectivity index (χ4v) is 6.38. The van der Waals surface area contributed by atoms with Gasteiger partial charge in [0, 0.05) is 26.1 Å². The number of ether oxygens (including phenoxy) is 1. The van der Waals surface area contributed by atoms with Crippen molar-refractivity contribution in [1.29, 1.82) is 0 Å². The number of carbonyl (C=O) groups excluding carboxylic acids is 1. The van der Waals surface area contributed by atoms with E-state index < -0.39 is 0 Å². The Balaban J connectivity index is 1.68. The van der Waals surface area contributed by atoms with Crippen LogP contribution in [0.25, 0.3) is 0 Å². The highest BCUT2D eigenvalue weighted by atomic mass is 32.2. The highest BCUT2D eigenvalue weighted by Gasteiger charge is 2.54. The number of hydrogen-bond acceptors (Lipinski definition) is 6. The predicted molar refractivity (Wildman–Crippen MR) is 81.8 cm³/mol. The molecule has 1 unspecified atom stereocenters. The predicted octanol–water partition coefficient (Wildman–Crippen LogP) is 1.05. The van der Waals surface area contributed by atoms with E-state index in [4.69, 9.17) is 9.57 Å². The number of nitrogens with zero attached hydrogens (tertiary/aromatic N) is 2. The Morgan fingerprint density at radius 3 is 2.70 bits per heavy atom. The Kier molecular flexibility index (Phi) is 4.82. The fourth-order valence-electron chi connectivity index (χ4n) is 3.08. The molecule has 3 aliphatic heterocycles. The third kappa shape index (κ3) is 2.83. The molecule has 0 aliphatic carbocycles. The van der Waals surface area contributed by atoms with Gasteiger partial charge in [0.15, 0.2) is 0 Å². The molecule has 3 heterocycles. The van der Waals surface area contributed by atoms with Crippen molar-refractivity contribution < 1.29 is 14.4 Å². The summed E-state index contributed by atoms with van der Waals surface area (Å²) in [6, 6.07) is 0.170. The monoisotopic (exact) mass is 318 g/mol. The number of hydroxylamine groups is 2. The van der Waals surface area contributed by atoms with Gasteiger partial charge in [0.2, 0.25) is 0 Å². The summed E-state index contributed by atoms with van der Waals surface area (Å²) in [5.41, 5.74) is 0. The molecule has 1 amide bonds. The summed E-state index contributed by atoms with van der Waals surface area (Å²) in [5.74, 6) is 2.33. The van der Waals surface area contributed by atoms with E-state index in [0.29, 0.717) is 0 Å². The molecule has 0 aromatic rings. The van der Waals surface area contributed by atoms with Crippen LogP contribution in [-0.2, 0) is 14.4 Å². The van der Waals surface area contributed by atoms with Crippen LogP contribution in [0.5, 0.6) is 0 Å². The molecule has 20 heavy (non-hydrogen) atoms. The molecule has 3 aliphatic rings. The van der Waals surface area contributed by atoms with Crippen molar-refractivity contribution in [3.05, 3.63) is 0 Å². The summed E-state index contributed by atoms with van der Waals surface area (Å²) < 4.78 is 5.10. The van der Waals surface area contributed by atoms with Gasteiger partial charge in [0.25, 0.3) is 5.91 Å². The highest BCUT2D eigenvalue weighted by molar-refractivity contribution is 8.19. The summed E-state index contributed by atoms with van der Waals surface area (Å²) in [6.45, 7) is 4.39. The first-order valence-electron chi connectivity index (χ1n) is 7.21. The van der Waals surface area contributed by atoms with Crippen LogP contribution in [-0.4, -0.2) is 77.5 Å². The topological polar surface area (TPSA) is 42.0 Å². The zero-order valence-corrected chi connectivity index (χ0v) is 13.5. The Bertz CT molecular complexity index is 358. The second-order valence-corrected chi connectivity index (χ2v) is 8.43. The standard InChI is InChI=1S/C13H22N2O3S2/c1-17-15-11(10-14-3-5-18-6-4-14)9-13(12(15)16)19-7-2-8-20-13/h11H,2-10H2,1H3. The minimum atomic E-state index is -0.286. The lowest BCUT2D eigenvalue weighted by atomic mass is 10.2. The number of amides is 1. The molecule has 1 atom stereocenters. The number of carbonyl (C=O) groups is 1. The van der Waals surface area contributed by atoms with Crippen LogP contribution in [0.2, 0.25) is 0 Å². The highest BCUT2D eigenvalue weighted by Crippen LogP contribution is 2.51. The van der Waals surface area contributed by atoms with Crippen LogP contribution in [0.4, 0.5) is 0 Å². The molecule has 3 fully saturated rings. The average Bonchev–Trinajstić information content (AvgIpc) is 2.73. The Morgan fingerprint density at radius 1 is 1.35 bits per heavy atom. The number of rotatable bonds is 3. The smallest absolute Gasteiger partial charge is 0.272 e. The Labute approximate surface area is 128 Å². The van der Waals surface area contributed by atoms with Crippen molar-refractivity contribution in [2.45, 2.75) is 23.0 Å². The van der Waals surface area contributed by atoms with Gasteiger partial charge in [-0.15, -0.1) is 23.5 Å². The molecule has 0 radical (unpaired) electrons. The van der Waals surface area contributed by atoms with E-state index in [0.717, 1.165) is 50.8 Å². The van der Waals surface area contributed by atoms with Gasteiger partial charge in [-0.2, -0.15) is 0 Å². The molecule has 1 spiro atoms. The average molecular weight is 318 g/mol. The first-order chi connectivity index (χ1) is 9.75. The fraction of sp³-hybridized carbons (Fsp3) is 0.923. The van der Waals surface area contributed by atoms with Gasteiger partial charge in [-0.25, -0.2) is 5.06 Å². The molecule has 3 saturated heterocycles. The van der Waals surface area contributed by atoms with Crippen LogP contribution < -0.4 is 0 Å². The molecular formula is C13H22N2O3S2. The maximum absolute atomic E-state index is 12.7. The van der Waals surface area contributed by atoms with E-state index in [1.807, 2.05) is 23.5 Å². The van der Waals surface area contributed by atoms with Gasteiger partial charge < -0.3 is 4.74 Å². The lowest BCUT2D eigenvalue weighted by Crippen LogP contribution is -2.45. The van der Waals surface area contributed by atoms with E-state index in [-0.39, 0.29) is 16.0 Å². The second kappa shape index (κ2) is 6.44. The minimum absolute atomic E-state index is 0.160. The van der Waals surface area contributed by atoms with Crippen molar-refractivity contribution in [3.63, 3.8) is 0 Å². The summed E-state index contributed by atoms with van der Waals surface area (Å²) in [4.78, 5) is 20.5. The normalized spacial score (nSPS) is 31.1. The van der Waals surface area contributed by atoms with Crippen LogP contribution in [0.15, 0.2) is 0 Å². The quantitative estimate of drug-likeness (QED) is 0.775. The summed E-state index contributed by atoms with van der Waals surface area (Å²) in [7, 11) is 1.61. The van der Waals surface area contributed by atoms with Crippen molar-refractivity contribution in [1.82, 2.24) is 9.96 Å². The molecular weight excluding hydrogens is 296 g/mol. The SMILES string of the molecule is CON1C(=O)C2(CC1CN1CCOCC1)SCCCS2. The zero-order chi connectivity index (χ0) is 14.0. The van der Waals surface area contributed by atoms with E-state index in [1.165, 1.54) is 6.42 Å². The Morgan fingerprint density at radius 2 is 2.05 bits per heavy atom.